The molecule has 0 aliphatic heterocycles. The fraction of sp³-hybridized carbons (Fsp3) is 0.357. The number of allylic oxidation sites excluding steroid dienone is 5. The number of nitrogens with zero attached hydrogens (tertiary/aromatic N) is 1. The van der Waals surface area contributed by atoms with Gasteiger partial charge in [0.1, 0.15) is 0 Å². The summed E-state index contributed by atoms with van der Waals surface area (Å²) < 4.78 is 6.94. The summed E-state index contributed by atoms with van der Waals surface area (Å²) in [6, 6.07) is 21.6. The van der Waals surface area contributed by atoms with E-state index >= 15 is 0 Å². The van der Waals surface area contributed by atoms with Gasteiger partial charge in [-0.2, -0.15) is 5.06 Å². The number of likely N-dealkylation sites (N-methyl/N-ethyl adjacent to an activating group) is 1. The van der Waals surface area contributed by atoms with Gasteiger partial charge in [-0.3, -0.25) is 0 Å². The number of hydroxylamine groups is 2. The van der Waals surface area contributed by atoms with E-state index < -0.39 is 8.32 Å². The van der Waals surface area contributed by atoms with E-state index in [1.807, 2.05) is 5.06 Å². The lowest BCUT2D eigenvalue weighted by molar-refractivity contribution is -0.0319. The minimum Gasteiger partial charge on any atom is -0.331 e. The first-order chi connectivity index (χ1) is 14.9. The number of rotatable bonds is 11. The maximum absolute atomic E-state index is 6.94. The zero-order valence-corrected chi connectivity index (χ0v) is 20.9. The Hall–Kier alpha value is -2.20. The van der Waals surface area contributed by atoms with E-state index in [0.29, 0.717) is 0 Å². The normalized spacial score (nSPS) is 13.2. The van der Waals surface area contributed by atoms with Gasteiger partial charge in [0.25, 0.3) is 8.32 Å². The van der Waals surface area contributed by atoms with Crippen LogP contribution in [-0.4, -0.2) is 27.0 Å². The van der Waals surface area contributed by atoms with Crippen molar-refractivity contribution < 1.29 is 4.53 Å². The average molecular weight is 434 g/mol. The highest BCUT2D eigenvalue weighted by atomic mass is 28.4. The fourth-order valence-corrected chi connectivity index (χ4v) is 8.24. The highest BCUT2D eigenvalue weighted by molar-refractivity contribution is 6.99. The Balaban J connectivity index is 2.17. The molecule has 0 amide bonds. The van der Waals surface area contributed by atoms with E-state index in [-0.39, 0.29) is 5.04 Å². The first-order valence-corrected chi connectivity index (χ1v) is 13.3. The molecule has 0 radical (unpaired) electrons. The van der Waals surface area contributed by atoms with Crippen molar-refractivity contribution in [2.24, 2.45) is 0 Å². The lowest BCUT2D eigenvalue weighted by Gasteiger charge is -2.44. The molecule has 0 aliphatic carbocycles. The topological polar surface area (TPSA) is 12.5 Å². The Labute approximate surface area is 191 Å². The van der Waals surface area contributed by atoms with Crippen LogP contribution < -0.4 is 10.4 Å². The highest BCUT2D eigenvalue weighted by Crippen LogP contribution is 2.37. The van der Waals surface area contributed by atoms with Gasteiger partial charge in [-0.15, -0.1) is 0 Å². The number of benzene rings is 2. The summed E-state index contributed by atoms with van der Waals surface area (Å²) in [5, 5.41) is 4.59. The van der Waals surface area contributed by atoms with Gasteiger partial charge >= 0.3 is 0 Å². The summed E-state index contributed by atoms with van der Waals surface area (Å²) in [6.45, 7) is 9.84. The highest BCUT2D eigenvalue weighted by Gasteiger charge is 2.51. The predicted octanol–water partition coefficient (Wildman–Crippen LogP) is 6.27. The molecule has 31 heavy (non-hydrogen) atoms. The van der Waals surface area contributed by atoms with Crippen molar-refractivity contribution in [2.45, 2.75) is 52.0 Å². The summed E-state index contributed by atoms with van der Waals surface area (Å²) in [4.78, 5) is 0. The molecule has 0 fully saturated rings. The third kappa shape index (κ3) is 7.17. The van der Waals surface area contributed by atoms with Crippen molar-refractivity contribution in [3.63, 3.8) is 0 Å². The van der Waals surface area contributed by atoms with Gasteiger partial charge in [-0.1, -0.05) is 125 Å². The van der Waals surface area contributed by atoms with Crippen LogP contribution in [0.1, 0.15) is 47.0 Å². The molecular weight excluding hydrogens is 394 g/mol. The van der Waals surface area contributed by atoms with Gasteiger partial charge in [-0.25, -0.2) is 0 Å². The molecule has 0 saturated heterocycles. The Morgan fingerprint density at radius 2 is 1.19 bits per heavy atom. The maximum Gasteiger partial charge on any atom is 0.287 e. The van der Waals surface area contributed by atoms with E-state index in [0.717, 1.165) is 25.8 Å². The molecule has 0 atom stereocenters. The van der Waals surface area contributed by atoms with E-state index in [1.54, 1.807) is 0 Å². The molecule has 0 spiro atoms. The van der Waals surface area contributed by atoms with Crippen molar-refractivity contribution in [2.75, 3.05) is 13.6 Å². The Morgan fingerprint density at radius 3 is 1.65 bits per heavy atom. The molecule has 0 heterocycles. The molecule has 2 aromatic carbocycles. The van der Waals surface area contributed by atoms with Crippen LogP contribution in [0.5, 0.6) is 0 Å². The second-order valence-electron chi connectivity index (χ2n) is 8.86. The third-order valence-electron chi connectivity index (χ3n) is 5.35. The lowest BCUT2D eigenvalue weighted by Crippen LogP contribution is -2.68. The van der Waals surface area contributed by atoms with Crippen LogP contribution in [0.3, 0.4) is 0 Å². The monoisotopic (exact) mass is 433 g/mol. The van der Waals surface area contributed by atoms with Crippen LogP contribution in [-0.2, 0) is 4.53 Å². The van der Waals surface area contributed by atoms with Crippen molar-refractivity contribution in [1.29, 1.82) is 0 Å². The summed E-state index contributed by atoms with van der Waals surface area (Å²) >= 11 is 0. The molecule has 2 aromatic rings. The number of hydrogen-bond acceptors (Lipinski definition) is 2. The molecule has 0 N–H and O–H groups in total. The molecule has 2 nitrogen and oxygen atoms in total. The fourth-order valence-electron chi connectivity index (χ4n) is 3.82. The zero-order valence-electron chi connectivity index (χ0n) is 19.9. The molecule has 0 aliphatic rings. The van der Waals surface area contributed by atoms with Crippen LogP contribution in [0, 0.1) is 0 Å². The van der Waals surface area contributed by atoms with E-state index in [9.17, 15) is 0 Å². The van der Waals surface area contributed by atoms with Crippen molar-refractivity contribution >= 4 is 18.7 Å². The van der Waals surface area contributed by atoms with Gasteiger partial charge in [0, 0.05) is 13.6 Å². The van der Waals surface area contributed by atoms with Crippen molar-refractivity contribution in [3.8, 4) is 0 Å². The Kier molecular flexibility index (Phi) is 10.2. The van der Waals surface area contributed by atoms with Gasteiger partial charge in [0.05, 0.1) is 0 Å². The minimum absolute atomic E-state index is 0.0254. The van der Waals surface area contributed by atoms with E-state index in [1.165, 1.54) is 10.4 Å². The molecule has 3 heteroatoms. The van der Waals surface area contributed by atoms with Gasteiger partial charge in [-0.05, 0) is 34.7 Å². The first-order valence-electron chi connectivity index (χ1n) is 11.4. The molecular formula is C28H39NOSi. The van der Waals surface area contributed by atoms with E-state index in [4.69, 9.17) is 4.53 Å². The van der Waals surface area contributed by atoms with Crippen LogP contribution >= 0.6 is 0 Å². The first kappa shape index (κ1) is 25.1. The summed E-state index contributed by atoms with van der Waals surface area (Å²) in [6.07, 6.45) is 16.3. The van der Waals surface area contributed by atoms with Crippen LogP contribution in [0.4, 0.5) is 0 Å². The smallest absolute Gasteiger partial charge is 0.287 e. The van der Waals surface area contributed by atoms with Gasteiger partial charge < -0.3 is 4.53 Å². The summed E-state index contributed by atoms with van der Waals surface area (Å²) in [7, 11) is -0.485. The van der Waals surface area contributed by atoms with Gasteiger partial charge in [0.15, 0.2) is 0 Å². The largest absolute Gasteiger partial charge is 0.331 e. The molecule has 0 aromatic heterocycles. The standard InChI is InChI=1S/C28H39NOSi/c1-6-7-8-9-10-11-12-13-20-25-29(5)30-31(28(2,3)4,26-21-16-14-17-22-26)27-23-18-15-19-24-27/h7-8,10-11,13-24H,6,9,12,25H2,1-5H3/b8-7-,11-10-,20-13-. The van der Waals surface area contributed by atoms with Crippen LogP contribution in [0.15, 0.2) is 97.1 Å². The molecule has 2 rings (SSSR count). The minimum atomic E-state index is -2.54. The van der Waals surface area contributed by atoms with Crippen molar-refractivity contribution in [3.05, 3.63) is 97.1 Å². The van der Waals surface area contributed by atoms with Crippen LogP contribution in [0.25, 0.3) is 0 Å². The SMILES string of the molecule is CC/C=C\C/C=C\C/C=C\CN(C)O[Si](c1ccccc1)(c1ccccc1)C(C)(C)C. The van der Waals surface area contributed by atoms with E-state index in [2.05, 4.69) is 132 Å². The zero-order chi connectivity index (χ0) is 22.6. The van der Waals surface area contributed by atoms with Gasteiger partial charge in [0.2, 0.25) is 0 Å². The maximum atomic E-state index is 6.94. The lowest BCUT2D eigenvalue weighted by atomic mass is 10.2. The third-order valence-corrected chi connectivity index (χ3v) is 10.3. The predicted molar refractivity (Wildman–Crippen MR) is 138 cm³/mol. The summed E-state index contributed by atoms with van der Waals surface area (Å²) in [5.41, 5.74) is 0. The molecule has 0 bridgehead atoms. The molecule has 0 saturated carbocycles. The Morgan fingerprint density at radius 1 is 0.742 bits per heavy atom. The second-order valence-corrected chi connectivity index (χ2v) is 13.1. The molecule has 166 valence electrons. The quantitative estimate of drug-likeness (QED) is 0.235. The second kappa shape index (κ2) is 12.6. The molecule has 0 unspecified atom stereocenters. The van der Waals surface area contributed by atoms with Crippen LogP contribution in [0.2, 0.25) is 5.04 Å². The average Bonchev–Trinajstić information content (AvgIpc) is 2.76. The Bertz CT molecular complexity index is 795. The number of hydrogen-bond donors (Lipinski definition) is 0. The van der Waals surface area contributed by atoms with Crippen molar-refractivity contribution in [1.82, 2.24) is 5.06 Å². The summed E-state index contributed by atoms with van der Waals surface area (Å²) in [5.74, 6) is 0.